The number of aliphatic hydroxyl groups excluding tert-OH is 2. The molecule has 1 aliphatic heterocycles. The van der Waals surface area contributed by atoms with Crippen molar-refractivity contribution in [1.29, 1.82) is 0 Å². The molecule has 1 fully saturated rings. The van der Waals surface area contributed by atoms with Crippen LogP contribution >= 0.6 is 0 Å². The SMILES string of the molecule is COc1ccnc(C(=O)N[C@H]2COC(O)[C@H](Cc3ccccc3)[C@@H](OC(=O)C(C)C)[C@H](C)OC2O)c1OCOC(C)=O. The highest BCUT2D eigenvalue weighted by Gasteiger charge is 2.41. The number of amides is 1. The maximum atomic E-state index is 13.3. The van der Waals surface area contributed by atoms with Gasteiger partial charge in [-0.3, -0.25) is 14.4 Å². The van der Waals surface area contributed by atoms with Crippen LogP contribution in [0.3, 0.4) is 0 Å². The van der Waals surface area contributed by atoms with Crippen LogP contribution in [0, 0.1) is 11.8 Å². The van der Waals surface area contributed by atoms with Crippen molar-refractivity contribution in [2.24, 2.45) is 11.8 Å². The van der Waals surface area contributed by atoms with Crippen LogP contribution in [0.4, 0.5) is 0 Å². The summed E-state index contributed by atoms with van der Waals surface area (Å²) in [6.45, 7) is 5.29. The molecule has 0 saturated carbocycles. The normalized spacial score (nSPS) is 24.5. The first-order valence-electron chi connectivity index (χ1n) is 13.5. The Bertz CT molecular complexity index is 1190. The van der Waals surface area contributed by atoms with Crippen LogP contribution in [-0.4, -0.2) is 84.4 Å². The number of carbonyl (C=O) groups excluding carboxylic acids is 3. The van der Waals surface area contributed by atoms with Crippen molar-refractivity contribution >= 4 is 17.8 Å². The number of pyridine rings is 1. The number of aromatic nitrogens is 1. The van der Waals surface area contributed by atoms with Crippen molar-refractivity contribution < 1.29 is 53.0 Å². The van der Waals surface area contributed by atoms with E-state index in [1.54, 1.807) is 20.8 Å². The van der Waals surface area contributed by atoms with Crippen LogP contribution < -0.4 is 14.8 Å². The van der Waals surface area contributed by atoms with Gasteiger partial charge in [0.25, 0.3) is 5.91 Å². The second-order valence-corrected chi connectivity index (χ2v) is 10.0. The summed E-state index contributed by atoms with van der Waals surface area (Å²) in [5, 5.41) is 24.7. The molecular weight excluding hydrogens is 552 g/mol. The van der Waals surface area contributed by atoms with E-state index in [1.165, 1.54) is 26.3 Å². The summed E-state index contributed by atoms with van der Waals surface area (Å²) < 4.78 is 32.8. The van der Waals surface area contributed by atoms with E-state index in [2.05, 4.69) is 10.3 Å². The van der Waals surface area contributed by atoms with Crippen LogP contribution in [0.1, 0.15) is 43.7 Å². The molecule has 3 N–H and O–H groups in total. The van der Waals surface area contributed by atoms with Crippen molar-refractivity contribution in [2.45, 2.75) is 64.9 Å². The highest BCUT2D eigenvalue weighted by molar-refractivity contribution is 5.96. The van der Waals surface area contributed by atoms with Gasteiger partial charge in [-0.1, -0.05) is 44.2 Å². The molecule has 2 unspecified atom stereocenters. The molecule has 42 heavy (non-hydrogen) atoms. The lowest BCUT2D eigenvalue weighted by atomic mass is 9.90. The van der Waals surface area contributed by atoms with Gasteiger partial charge in [0.05, 0.1) is 31.7 Å². The van der Waals surface area contributed by atoms with E-state index in [0.29, 0.717) is 0 Å². The third-order valence-electron chi connectivity index (χ3n) is 6.52. The average Bonchev–Trinajstić information content (AvgIpc) is 2.99. The molecule has 230 valence electrons. The van der Waals surface area contributed by atoms with E-state index in [0.717, 1.165) is 5.56 Å². The highest BCUT2D eigenvalue weighted by atomic mass is 16.7. The number of benzene rings is 1. The van der Waals surface area contributed by atoms with Crippen LogP contribution in [0.2, 0.25) is 0 Å². The van der Waals surface area contributed by atoms with Gasteiger partial charge >= 0.3 is 11.9 Å². The lowest BCUT2D eigenvalue weighted by Crippen LogP contribution is -2.49. The van der Waals surface area contributed by atoms with Crippen LogP contribution in [0.15, 0.2) is 42.6 Å². The first-order chi connectivity index (χ1) is 20.0. The van der Waals surface area contributed by atoms with Crippen molar-refractivity contribution in [2.75, 3.05) is 20.5 Å². The molecular formula is C29H38N2O11. The second-order valence-electron chi connectivity index (χ2n) is 10.0. The molecule has 2 heterocycles. The first kappa shape index (κ1) is 32.7. The maximum Gasteiger partial charge on any atom is 0.308 e. The van der Waals surface area contributed by atoms with E-state index in [9.17, 15) is 24.6 Å². The third-order valence-corrected chi connectivity index (χ3v) is 6.52. The summed E-state index contributed by atoms with van der Waals surface area (Å²) in [7, 11) is 1.36. The molecule has 1 aliphatic rings. The Morgan fingerprint density at radius 3 is 2.48 bits per heavy atom. The molecule has 1 saturated heterocycles. The number of ether oxygens (including phenoxy) is 6. The van der Waals surface area contributed by atoms with E-state index in [4.69, 9.17) is 28.4 Å². The minimum Gasteiger partial charge on any atom is -0.493 e. The van der Waals surface area contributed by atoms with Gasteiger partial charge in [-0.05, 0) is 18.9 Å². The maximum absolute atomic E-state index is 13.3. The molecule has 6 atom stereocenters. The third kappa shape index (κ3) is 8.86. The molecule has 13 heteroatoms. The quantitative estimate of drug-likeness (QED) is 0.270. The van der Waals surface area contributed by atoms with E-state index in [1.807, 2.05) is 30.3 Å². The lowest BCUT2D eigenvalue weighted by molar-refractivity contribution is -0.201. The molecule has 0 aliphatic carbocycles. The van der Waals surface area contributed by atoms with Gasteiger partial charge in [0.15, 0.2) is 29.8 Å². The first-order valence-corrected chi connectivity index (χ1v) is 13.5. The lowest BCUT2D eigenvalue weighted by Gasteiger charge is -2.34. The number of rotatable bonds is 10. The Morgan fingerprint density at radius 2 is 1.83 bits per heavy atom. The van der Waals surface area contributed by atoms with Gasteiger partial charge in [0.2, 0.25) is 6.79 Å². The van der Waals surface area contributed by atoms with Gasteiger partial charge in [-0.25, -0.2) is 4.98 Å². The molecule has 0 spiro atoms. The van der Waals surface area contributed by atoms with Crippen LogP contribution in [0.5, 0.6) is 11.5 Å². The topological polar surface area (TPSA) is 172 Å². The summed E-state index contributed by atoms with van der Waals surface area (Å²) in [6, 6.07) is 9.54. The van der Waals surface area contributed by atoms with E-state index >= 15 is 0 Å². The fourth-order valence-electron chi connectivity index (χ4n) is 4.28. The number of nitrogens with one attached hydrogen (secondary N) is 1. The van der Waals surface area contributed by atoms with Crippen LogP contribution in [0.25, 0.3) is 0 Å². The number of esters is 2. The summed E-state index contributed by atoms with van der Waals surface area (Å²) in [5.41, 5.74) is 0.630. The number of carbonyl (C=O) groups is 3. The Kier molecular flexibility index (Phi) is 12.0. The summed E-state index contributed by atoms with van der Waals surface area (Å²) >= 11 is 0. The monoisotopic (exact) mass is 590 g/mol. The zero-order valence-electron chi connectivity index (χ0n) is 24.2. The zero-order valence-corrected chi connectivity index (χ0v) is 24.2. The van der Waals surface area contributed by atoms with Gasteiger partial charge in [-0.15, -0.1) is 0 Å². The largest absolute Gasteiger partial charge is 0.493 e. The number of hydrogen-bond acceptors (Lipinski definition) is 12. The Hall–Kier alpha value is -3.78. The van der Waals surface area contributed by atoms with Gasteiger partial charge in [0, 0.05) is 19.2 Å². The number of aliphatic hydroxyl groups is 2. The minimum absolute atomic E-state index is 0.102. The average molecular weight is 591 g/mol. The Labute approximate surface area is 244 Å². The standard InChI is InChI=1S/C29H38N2O11/c1-16(2)27(34)42-24-17(3)41-29(36)21(14-38-28(35)20(24)13-19-9-7-6-8-10-19)31-26(33)23-25(40-15-39-18(4)32)22(37-5)11-12-30-23/h6-12,16-17,20-21,24,28-29,35-36H,13-15H2,1-5H3,(H,31,33)/t17-,20+,21-,24-,28?,29?/m0/s1. The molecule has 1 aromatic heterocycles. The smallest absolute Gasteiger partial charge is 0.308 e. The summed E-state index contributed by atoms with van der Waals surface area (Å²) in [6.07, 6.45) is -3.42. The Morgan fingerprint density at radius 1 is 1.12 bits per heavy atom. The molecule has 1 aromatic carbocycles. The van der Waals surface area contributed by atoms with Crippen molar-refractivity contribution in [3.05, 3.63) is 53.9 Å². The van der Waals surface area contributed by atoms with Crippen LogP contribution in [-0.2, 0) is 35.0 Å². The number of nitrogens with zero attached hydrogens (tertiary/aromatic N) is 1. The Balaban J connectivity index is 1.86. The second kappa shape index (κ2) is 15.4. The van der Waals surface area contributed by atoms with E-state index < -0.39 is 67.3 Å². The number of methoxy groups -OCH3 is 1. The predicted octanol–water partition coefficient (Wildman–Crippen LogP) is 1.59. The molecule has 1 amide bonds. The number of hydrogen-bond donors (Lipinski definition) is 3. The van der Waals surface area contributed by atoms with E-state index in [-0.39, 0.29) is 30.2 Å². The molecule has 0 radical (unpaired) electrons. The highest BCUT2D eigenvalue weighted by Crippen LogP contribution is 2.30. The van der Waals surface area contributed by atoms with Crippen molar-refractivity contribution in [1.82, 2.24) is 10.3 Å². The van der Waals surface area contributed by atoms with Gasteiger partial charge in [-0.2, -0.15) is 0 Å². The minimum atomic E-state index is -1.64. The van der Waals surface area contributed by atoms with Gasteiger partial charge in [0.1, 0.15) is 12.1 Å². The van der Waals surface area contributed by atoms with Crippen molar-refractivity contribution in [3.8, 4) is 11.5 Å². The van der Waals surface area contributed by atoms with Gasteiger partial charge < -0.3 is 44.0 Å². The summed E-state index contributed by atoms with van der Waals surface area (Å²) in [4.78, 5) is 41.1. The molecule has 2 aromatic rings. The fourth-order valence-corrected chi connectivity index (χ4v) is 4.28. The van der Waals surface area contributed by atoms with Crippen molar-refractivity contribution in [3.63, 3.8) is 0 Å². The summed E-state index contributed by atoms with van der Waals surface area (Å²) in [5.74, 6) is -3.08. The molecule has 3 rings (SSSR count). The molecule has 0 bridgehead atoms. The fraction of sp³-hybridized carbons (Fsp3) is 0.517. The zero-order chi connectivity index (χ0) is 30.8. The molecule has 13 nitrogen and oxygen atoms in total. The predicted molar refractivity (Wildman–Crippen MR) is 146 cm³/mol.